The second-order valence-corrected chi connectivity index (χ2v) is 1.34. The predicted octanol–water partition coefficient (Wildman–Crippen LogP) is 1.63. The number of carbonyl (C=O) groups is 1. The molecule has 0 N–H and O–H groups in total. The highest BCUT2D eigenvalue weighted by Crippen LogP contribution is 1.88. The summed E-state index contributed by atoms with van der Waals surface area (Å²) in [7, 11) is 0. The van der Waals surface area contributed by atoms with Crippen LogP contribution in [0.25, 0.3) is 0 Å². The lowest BCUT2D eigenvalue weighted by Crippen LogP contribution is -1.77. The molecule has 0 spiro atoms. The van der Waals surface area contributed by atoms with Crippen LogP contribution in [0.3, 0.4) is 0 Å². The Hall–Kier alpha value is -0.370. The fourth-order valence-electron chi connectivity index (χ4n) is 0.137. The number of rotatable bonds is 2. The summed E-state index contributed by atoms with van der Waals surface area (Å²) in [5.41, 5.74) is 0. The lowest BCUT2D eigenvalue weighted by molar-refractivity contribution is -0.110. The van der Waals surface area contributed by atoms with Crippen LogP contribution in [0.15, 0.2) is 12.4 Å². The summed E-state index contributed by atoms with van der Waals surface area (Å²) < 4.78 is 11.0. The van der Waals surface area contributed by atoms with E-state index in [1.165, 1.54) is 0 Å². The van der Waals surface area contributed by atoms with Gasteiger partial charge < -0.3 is 0 Å². The zero-order valence-electron chi connectivity index (χ0n) is 3.53. The van der Waals surface area contributed by atoms with Gasteiger partial charge in [-0.3, -0.25) is 4.79 Å². The zero-order chi connectivity index (χ0) is 5.70. The summed E-state index contributed by atoms with van der Waals surface area (Å²) in [5, 5.41) is -0.547. The average Bonchev–Trinajstić information content (AvgIpc) is 1.61. The molecule has 1 nitrogen and oxygen atoms in total. The van der Waals surface area contributed by atoms with Gasteiger partial charge in [-0.05, 0) is 17.7 Å². The van der Waals surface area contributed by atoms with Crippen molar-refractivity contribution in [2.45, 2.75) is 6.42 Å². The van der Waals surface area contributed by atoms with Gasteiger partial charge in [0.05, 0.1) is 6.33 Å². The number of hydrogen-bond donors (Lipinski definition) is 0. The predicted molar refractivity (Wildman–Crippen MR) is 25.7 cm³/mol. The first-order valence-corrected chi connectivity index (χ1v) is 2.08. The van der Waals surface area contributed by atoms with Gasteiger partial charge in [-0.25, -0.2) is 4.39 Å². The van der Waals surface area contributed by atoms with Crippen LogP contribution >= 0.6 is 11.6 Å². The van der Waals surface area contributed by atoms with E-state index >= 15 is 0 Å². The molecule has 0 aromatic carbocycles. The first kappa shape index (κ1) is 6.63. The quantitative estimate of drug-likeness (QED) is 0.509. The normalized spacial score (nSPS) is 10.0. The molecule has 0 atom stereocenters. The molecule has 0 aliphatic carbocycles. The van der Waals surface area contributed by atoms with E-state index in [-0.39, 0.29) is 6.42 Å². The van der Waals surface area contributed by atoms with E-state index < -0.39 is 5.24 Å². The summed E-state index contributed by atoms with van der Waals surface area (Å²) in [4.78, 5) is 9.75. The minimum atomic E-state index is -0.547. The fourth-order valence-corrected chi connectivity index (χ4v) is 0.226. The molecule has 0 saturated carbocycles. The van der Waals surface area contributed by atoms with Gasteiger partial charge in [-0.2, -0.15) is 0 Å². The van der Waals surface area contributed by atoms with Crippen LogP contribution in [-0.2, 0) is 4.79 Å². The molecule has 0 rings (SSSR count). The van der Waals surface area contributed by atoms with Crippen molar-refractivity contribution in [3.05, 3.63) is 12.4 Å². The number of halogens is 2. The van der Waals surface area contributed by atoms with Crippen LogP contribution in [0.2, 0.25) is 0 Å². The lowest BCUT2D eigenvalue weighted by Gasteiger charge is -1.73. The second kappa shape index (κ2) is 3.81. The standard InChI is InChI=1S/C4H4ClFO/c5-4(7)2-1-3-6/h1,3H,2H2. The summed E-state index contributed by atoms with van der Waals surface area (Å²) in [6.07, 6.45) is 1.31. The molecule has 0 bridgehead atoms. The van der Waals surface area contributed by atoms with E-state index in [1.807, 2.05) is 0 Å². The van der Waals surface area contributed by atoms with Gasteiger partial charge in [-0.1, -0.05) is 0 Å². The van der Waals surface area contributed by atoms with Crippen molar-refractivity contribution in [1.82, 2.24) is 0 Å². The van der Waals surface area contributed by atoms with Crippen molar-refractivity contribution in [2.24, 2.45) is 0 Å². The maximum absolute atomic E-state index is 11.0. The monoisotopic (exact) mass is 122 g/mol. The third kappa shape index (κ3) is 5.63. The molecule has 0 radical (unpaired) electrons. The van der Waals surface area contributed by atoms with Crippen LogP contribution in [0, 0.1) is 0 Å². The molecule has 0 saturated heterocycles. The van der Waals surface area contributed by atoms with Gasteiger partial charge >= 0.3 is 0 Å². The zero-order valence-corrected chi connectivity index (χ0v) is 4.28. The van der Waals surface area contributed by atoms with E-state index in [1.54, 1.807) is 0 Å². The highest BCUT2D eigenvalue weighted by atomic mass is 35.5. The largest absolute Gasteiger partial charge is 0.281 e. The van der Waals surface area contributed by atoms with Crippen molar-refractivity contribution >= 4 is 16.8 Å². The van der Waals surface area contributed by atoms with Gasteiger partial charge in [0.15, 0.2) is 0 Å². The maximum Gasteiger partial charge on any atom is 0.225 e. The molecule has 0 amide bonds. The summed E-state index contributed by atoms with van der Waals surface area (Å²) in [6, 6.07) is 0. The number of carbonyl (C=O) groups excluding carboxylic acids is 1. The Morgan fingerprint density at radius 3 is 2.57 bits per heavy atom. The molecule has 3 heteroatoms. The minimum absolute atomic E-state index is 0.0297. The molecule has 0 aliphatic heterocycles. The first-order valence-electron chi connectivity index (χ1n) is 1.71. The highest BCUT2D eigenvalue weighted by molar-refractivity contribution is 6.63. The van der Waals surface area contributed by atoms with Gasteiger partial charge in [0.25, 0.3) is 0 Å². The van der Waals surface area contributed by atoms with Crippen LogP contribution < -0.4 is 0 Å². The van der Waals surface area contributed by atoms with Gasteiger partial charge in [0.2, 0.25) is 5.24 Å². The topological polar surface area (TPSA) is 17.1 Å². The summed E-state index contributed by atoms with van der Waals surface area (Å²) >= 11 is 4.80. The Balaban J connectivity index is 3.14. The highest BCUT2D eigenvalue weighted by Gasteiger charge is 1.86. The smallest absolute Gasteiger partial charge is 0.225 e. The SMILES string of the molecule is O=C(Cl)CC=CF. The Bertz CT molecular complexity index is 89.7. The third-order valence-electron chi connectivity index (χ3n) is 0.367. The van der Waals surface area contributed by atoms with Crippen LogP contribution in [0.4, 0.5) is 4.39 Å². The lowest BCUT2D eigenvalue weighted by atomic mass is 10.5. The van der Waals surface area contributed by atoms with Crippen LogP contribution in [0.5, 0.6) is 0 Å². The third-order valence-corrected chi connectivity index (χ3v) is 0.522. The van der Waals surface area contributed by atoms with E-state index in [4.69, 9.17) is 11.6 Å². The molecule has 7 heavy (non-hydrogen) atoms. The van der Waals surface area contributed by atoms with Gasteiger partial charge in [0, 0.05) is 6.42 Å². The molecular formula is C4H4ClFO. The van der Waals surface area contributed by atoms with E-state index in [2.05, 4.69) is 0 Å². The van der Waals surface area contributed by atoms with Crippen molar-refractivity contribution in [1.29, 1.82) is 0 Å². The van der Waals surface area contributed by atoms with Crippen LogP contribution in [0.1, 0.15) is 6.42 Å². The summed E-state index contributed by atoms with van der Waals surface area (Å²) in [5.74, 6) is 0. The Morgan fingerprint density at radius 2 is 2.43 bits per heavy atom. The summed E-state index contributed by atoms with van der Waals surface area (Å²) in [6.45, 7) is 0. The number of hydrogen-bond acceptors (Lipinski definition) is 1. The molecule has 0 fully saturated rings. The fraction of sp³-hybridized carbons (Fsp3) is 0.250. The molecular weight excluding hydrogens is 118 g/mol. The van der Waals surface area contributed by atoms with E-state index in [0.29, 0.717) is 6.33 Å². The van der Waals surface area contributed by atoms with E-state index in [0.717, 1.165) is 6.08 Å². The molecule has 0 unspecified atom stereocenters. The molecule has 0 heterocycles. The maximum atomic E-state index is 11.0. The molecule has 0 aliphatic rings. The molecule has 0 aromatic heterocycles. The second-order valence-electron chi connectivity index (χ2n) is 0.921. The van der Waals surface area contributed by atoms with Crippen molar-refractivity contribution in [3.8, 4) is 0 Å². The van der Waals surface area contributed by atoms with Gasteiger partial charge in [-0.15, -0.1) is 0 Å². The molecule has 0 aromatic rings. The van der Waals surface area contributed by atoms with Gasteiger partial charge in [0.1, 0.15) is 0 Å². The van der Waals surface area contributed by atoms with Crippen LogP contribution in [-0.4, -0.2) is 5.24 Å². The van der Waals surface area contributed by atoms with Crippen molar-refractivity contribution in [2.75, 3.05) is 0 Å². The molecule has 40 valence electrons. The Labute approximate surface area is 45.8 Å². The van der Waals surface area contributed by atoms with Crippen molar-refractivity contribution in [3.63, 3.8) is 0 Å². The van der Waals surface area contributed by atoms with Crippen molar-refractivity contribution < 1.29 is 9.18 Å². The minimum Gasteiger partial charge on any atom is -0.281 e. The van der Waals surface area contributed by atoms with E-state index in [9.17, 15) is 9.18 Å². The Kier molecular flexibility index (Phi) is 3.61. The first-order chi connectivity index (χ1) is 3.27. The Morgan fingerprint density at radius 1 is 1.86 bits per heavy atom. The average molecular weight is 123 g/mol. The number of allylic oxidation sites excluding steroid dienone is 1.